The largest absolute Gasteiger partial charge is 0.464 e. The summed E-state index contributed by atoms with van der Waals surface area (Å²) < 4.78 is 42.3. The van der Waals surface area contributed by atoms with Crippen molar-refractivity contribution in [2.45, 2.75) is 13.0 Å². The summed E-state index contributed by atoms with van der Waals surface area (Å²) in [5, 5.41) is 0. The number of carbonyl (C=O) groups excluding carboxylic acids is 1. The first-order valence-electron chi connectivity index (χ1n) is 7.05. The van der Waals surface area contributed by atoms with Gasteiger partial charge < -0.3 is 9.32 Å². The van der Waals surface area contributed by atoms with E-state index in [1.165, 1.54) is 11.0 Å². The molecule has 6 nitrogen and oxygen atoms in total. The summed E-state index contributed by atoms with van der Waals surface area (Å²) in [4.78, 5) is 17.5. The van der Waals surface area contributed by atoms with Crippen LogP contribution in [0.4, 0.5) is 4.39 Å². The Balaban J connectivity index is 1.94. The summed E-state index contributed by atoms with van der Waals surface area (Å²) in [5.74, 6) is -0.315. The second-order valence-corrected chi connectivity index (χ2v) is 7.68. The van der Waals surface area contributed by atoms with Gasteiger partial charge in [-0.1, -0.05) is 0 Å². The third-order valence-electron chi connectivity index (χ3n) is 3.76. The van der Waals surface area contributed by atoms with Gasteiger partial charge in [0, 0.05) is 12.7 Å². The molecule has 0 N–H and O–H groups in total. The molecule has 0 saturated carbocycles. The lowest BCUT2D eigenvalue weighted by Crippen LogP contribution is -2.46. The number of nitrogens with zero attached hydrogens (tertiary/aromatic N) is 2. The van der Waals surface area contributed by atoms with Gasteiger partial charge in [0.15, 0.2) is 9.84 Å². The molecule has 0 aliphatic carbocycles. The zero-order valence-corrected chi connectivity index (χ0v) is 13.2. The number of furan rings is 1. The molecule has 1 aliphatic rings. The summed E-state index contributed by atoms with van der Waals surface area (Å²) in [5.41, 5.74) is 0.207. The lowest BCUT2D eigenvalue weighted by atomic mass is 10.1. The number of rotatable bonds is 2. The summed E-state index contributed by atoms with van der Waals surface area (Å²) in [6, 6.07) is 5.13. The van der Waals surface area contributed by atoms with Crippen molar-refractivity contribution in [3.05, 3.63) is 53.5 Å². The van der Waals surface area contributed by atoms with Gasteiger partial charge in [0.25, 0.3) is 5.91 Å². The quantitative estimate of drug-likeness (QED) is 0.779. The van der Waals surface area contributed by atoms with Crippen LogP contribution < -0.4 is 0 Å². The predicted molar refractivity (Wildman–Crippen MR) is 80.1 cm³/mol. The molecule has 23 heavy (non-hydrogen) atoms. The highest BCUT2D eigenvalue weighted by Crippen LogP contribution is 2.29. The average Bonchev–Trinajstić information content (AvgIpc) is 2.93. The van der Waals surface area contributed by atoms with Gasteiger partial charge in [-0.3, -0.25) is 4.79 Å². The molecule has 0 radical (unpaired) electrons. The van der Waals surface area contributed by atoms with Crippen LogP contribution in [0.3, 0.4) is 0 Å². The first-order valence-corrected chi connectivity index (χ1v) is 8.87. The molecule has 2 aromatic heterocycles. The third kappa shape index (κ3) is 3.26. The van der Waals surface area contributed by atoms with Gasteiger partial charge in [-0.05, 0) is 31.2 Å². The molecule has 0 bridgehead atoms. The zero-order chi connectivity index (χ0) is 16.6. The molecule has 1 fully saturated rings. The van der Waals surface area contributed by atoms with E-state index in [4.69, 9.17) is 4.42 Å². The van der Waals surface area contributed by atoms with Gasteiger partial charge in [-0.2, -0.15) is 4.39 Å². The van der Waals surface area contributed by atoms with Crippen LogP contribution in [0, 0.1) is 12.9 Å². The molecular weight excluding hydrogens is 323 g/mol. The molecule has 1 amide bonds. The van der Waals surface area contributed by atoms with Crippen molar-refractivity contribution < 1.29 is 22.0 Å². The Kier molecular flexibility index (Phi) is 3.93. The first-order chi connectivity index (χ1) is 10.9. The lowest BCUT2D eigenvalue weighted by Gasteiger charge is -2.34. The van der Waals surface area contributed by atoms with E-state index < -0.39 is 27.7 Å². The fraction of sp³-hybridized carbons (Fsp3) is 0.333. The summed E-state index contributed by atoms with van der Waals surface area (Å²) in [6.07, 6.45) is 1.14. The molecule has 3 heterocycles. The molecule has 3 rings (SSSR count). The van der Waals surface area contributed by atoms with E-state index in [1.807, 2.05) is 0 Å². The van der Waals surface area contributed by atoms with Gasteiger partial charge in [0.2, 0.25) is 5.95 Å². The van der Waals surface area contributed by atoms with Crippen LogP contribution in [0.1, 0.15) is 27.9 Å². The smallest absolute Gasteiger partial charge is 0.256 e. The van der Waals surface area contributed by atoms with Crippen LogP contribution in [-0.4, -0.2) is 42.3 Å². The van der Waals surface area contributed by atoms with Crippen molar-refractivity contribution in [2.75, 3.05) is 18.1 Å². The molecule has 8 heteroatoms. The highest BCUT2D eigenvalue weighted by atomic mass is 32.2. The monoisotopic (exact) mass is 338 g/mol. The van der Waals surface area contributed by atoms with Crippen molar-refractivity contribution in [3.8, 4) is 0 Å². The standard InChI is InChI=1S/C15H15FN2O4S/c1-10-2-4-13(22-10)12-9-23(20,21)7-6-18(12)15(19)11-3-5-14(16)17-8-11/h2-5,8,12H,6-7,9H2,1H3/t12-/m1/s1. The maximum atomic E-state index is 12.9. The molecule has 0 unspecified atom stereocenters. The normalized spacial score (nSPS) is 20.4. The van der Waals surface area contributed by atoms with E-state index in [-0.39, 0.29) is 23.6 Å². The number of aromatic nitrogens is 1. The Morgan fingerprint density at radius 1 is 1.35 bits per heavy atom. The first kappa shape index (κ1) is 15.7. The van der Waals surface area contributed by atoms with E-state index >= 15 is 0 Å². The SMILES string of the molecule is Cc1ccc([C@H]2CS(=O)(=O)CCN2C(=O)c2ccc(F)nc2)o1. The van der Waals surface area contributed by atoms with Crippen LogP contribution in [0.5, 0.6) is 0 Å². The van der Waals surface area contributed by atoms with Crippen LogP contribution in [-0.2, 0) is 9.84 Å². The van der Waals surface area contributed by atoms with Crippen molar-refractivity contribution >= 4 is 15.7 Å². The minimum atomic E-state index is -3.26. The molecule has 122 valence electrons. The summed E-state index contributed by atoms with van der Waals surface area (Å²) in [6.45, 7) is 1.81. The van der Waals surface area contributed by atoms with Crippen molar-refractivity contribution in [1.29, 1.82) is 0 Å². The number of aryl methyl sites for hydroxylation is 1. The Morgan fingerprint density at radius 3 is 2.74 bits per heavy atom. The minimum Gasteiger partial charge on any atom is -0.464 e. The van der Waals surface area contributed by atoms with Gasteiger partial charge in [-0.15, -0.1) is 0 Å². The van der Waals surface area contributed by atoms with E-state index in [1.54, 1.807) is 19.1 Å². The Hall–Kier alpha value is -2.22. The van der Waals surface area contributed by atoms with Crippen LogP contribution >= 0.6 is 0 Å². The zero-order valence-electron chi connectivity index (χ0n) is 12.4. The third-order valence-corrected chi connectivity index (χ3v) is 5.38. The van der Waals surface area contributed by atoms with E-state index in [0.29, 0.717) is 11.5 Å². The van der Waals surface area contributed by atoms with Crippen LogP contribution in [0.2, 0.25) is 0 Å². The summed E-state index contributed by atoms with van der Waals surface area (Å²) in [7, 11) is -3.26. The Morgan fingerprint density at radius 2 is 2.13 bits per heavy atom. The van der Waals surface area contributed by atoms with Crippen molar-refractivity contribution in [3.63, 3.8) is 0 Å². The van der Waals surface area contributed by atoms with E-state index in [0.717, 1.165) is 12.3 Å². The molecular formula is C15H15FN2O4S. The second-order valence-electron chi connectivity index (χ2n) is 5.45. The topological polar surface area (TPSA) is 80.5 Å². The highest BCUT2D eigenvalue weighted by molar-refractivity contribution is 7.91. The number of sulfone groups is 1. The predicted octanol–water partition coefficient (Wildman–Crippen LogP) is 1.73. The number of hydrogen-bond acceptors (Lipinski definition) is 5. The lowest BCUT2D eigenvalue weighted by molar-refractivity contribution is 0.0676. The fourth-order valence-corrected chi connectivity index (χ4v) is 4.05. The molecule has 1 aliphatic heterocycles. The Labute approximate surface area is 132 Å². The molecule has 0 aromatic carbocycles. The molecule has 1 atom stereocenters. The van der Waals surface area contributed by atoms with E-state index in [9.17, 15) is 17.6 Å². The maximum absolute atomic E-state index is 12.9. The molecule has 1 saturated heterocycles. The van der Waals surface area contributed by atoms with Crippen molar-refractivity contribution in [1.82, 2.24) is 9.88 Å². The number of halogens is 1. The second kappa shape index (κ2) is 5.77. The van der Waals surface area contributed by atoms with Crippen LogP contribution in [0.15, 0.2) is 34.9 Å². The number of hydrogen-bond donors (Lipinski definition) is 0. The minimum absolute atomic E-state index is 0.0585. The average molecular weight is 338 g/mol. The highest BCUT2D eigenvalue weighted by Gasteiger charge is 2.37. The fourth-order valence-electron chi connectivity index (χ4n) is 2.59. The summed E-state index contributed by atoms with van der Waals surface area (Å²) >= 11 is 0. The number of carbonyl (C=O) groups is 1. The van der Waals surface area contributed by atoms with Crippen molar-refractivity contribution in [2.24, 2.45) is 0 Å². The Bertz CT molecular complexity index is 829. The van der Waals surface area contributed by atoms with Gasteiger partial charge in [0.05, 0.1) is 17.1 Å². The van der Waals surface area contributed by atoms with Gasteiger partial charge >= 0.3 is 0 Å². The maximum Gasteiger partial charge on any atom is 0.256 e. The van der Waals surface area contributed by atoms with Crippen LogP contribution in [0.25, 0.3) is 0 Å². The number of pyridine rings is 1. The van der Waals surface area contributed by atoms with Gasteiger partial charge in [0.1, 0.15) is 17.6 Å². The molecule has 0 spiro atoms. The molecule has 2 aromatic rings. The van der Waals surface area contributed by atoms with E-state index in [2.05, 4.69) is 4.98 Å². The number of amides is 1. The van der Waals surface area contributed by atoms with Gasteiger partial charge in [-0.25, -0.2) is 13.4 Å².